The summed E-state index contributed by atoms with van der Waals surface area (Å²) in [5.74, 6) is -0.933. The number of rotatable bonds is 9. The molecule has 0 saturated carbocycles. The fraction of sp³-hybridized carbons (Fsp3) is 0.917. The van der Waals surface area contributed by atoms with E-state index in [0.717, 1.165) is 19.3 Å². The molecule has 0 aliphatic rings. The van der Waals surface area contributed by atoms with Crippen LogP contribution < -0.4 is 22.9 Å². The summed E-state index contributed by atoms with van der Waals surface area (Å²) >= 11 is 0. The Morgan fingerprint density at radius 1 is 1.06 bits per heavy atom. The second-order valence-corrected chi connectivity index (χ2v) is 4.39. The van der Waals surface area contributed by atoms with Crippen LogP contribution in [0.2, 0.25) is 0 Å². The van der Waals surface area contributed by atoms with Gasteiger partial charge in [0.1, 0.15) is 6.04 Å². The number of aliphatic carboxylic acids is 1. The number of carbonyl (C=O) groups is 1. The van der Waals surface area contributed by atoms with Gasteiger partial charge >= 0.3 is 5.97 Å². The van der Waals surface area contributed by atoms with Crippen LogP contribution in [-0.4, -0.2) is 29.8 Å². The van der Waals surface area contributed by atoms with Crippen LogP contribution in [0.25, 0.3) is 0 Å². The van der Waals surface area contributed by atoms with Crippen LogP contribution in [0, 0.1) is 0 Å². The standard InChI is InChI=1S/C6H14N2O2.C6H16N2/c7-4-2-1-3-5(8)6(9)10;1-2-3-4-5-6(7)8/h5H,1-4,7-8H2,(H,9,10);6H,2-5,7-8H2,1H3/t5-;/m0./s1. The highest BCUT2D eigenvalue weighted by Crippen LogP contribution is 1.98. The van der Waals surface area contributed by atoms with Gasteiger partial charge in [-0.05, 0) is 25.8 Å². The zero-order chi connectivity index (χ0) is 14.4. The molecule has 0 fully saturated rings. The molecule has 0 radical (unpaired) electrons. The summed E-state index contributed by atoms with van der Waals surface area (Å²) in [5, 5.41) is 8.33. The van der Waals surface area contributed by atoms with Crippen molar-refractivity contribution in [3.8, 4) is 0 Å². The van der Waals surface area contributed by atoms with Gasteiger partial charge in [0.25, 0.3) is 0 Å². The van der Waals surface area contributed by atoms with Crippen LogP contribution in [0.1, 0.15) is 51.9 Å². The summed E-state index contributed by atoms with van der Waals surface area (Å²) in [4.78, 5) is 10.1. The number of unbranched alkanes of at least 4 members (excludes halogenated alkanes) is 3. The number of hydrogen-bond acceptors (Lipinski definition) is 5. The highest BCUT2D eigenvalue weighted by atomic mass is 16.4. The molecule has 6 heteroatoms. The lowest BCUT2D eigenvalue weighted by molar-refractivity contribution is -0.138. The molecule has 0 aromatic rings. The summed E-state index contributed by atoms with van der Waals surface area (Å²) in [6.07, 6.45) is 6.71. The first-order valence-electron chi connectivity index (χ1n) is 6.65. The lowest BCUT2D eigenvalue weighted by atomic mass is 10.1. The molecule has 0 spiro atoms. The Morgan fingerprint density at radius 2 is 1.61 bits per heavy atom. The third-order valence-corrected chi connectivity index (χ3v) is 2.43. The zero-order valence-corrected chi connectivity index (χ0v) is 11.5. The van der Waals surface area contributed by atoms with Gasteiger partial charge < -0.3 is 28.0 Å². The van der Waals surface area contributed by atoms with Crippen molar-refractivity contribution in [3.63, 3.8) is 0 Å². The molecule has 0 aliphatic carbocycles. The Labute approximate surface area is 110 Å². The molecule has 0 amide bonds. The Bertz CT molecular complexity index is 189. The predicted octanol–water partition coefficient (Wildman–Crippen LogP) is 0.338. The lowest BCUT2D eigenvalue weighted by Crippen LogP contribution is -2.29. The quantitative estimate of drug-likeness (QED) is 0.299. The van der Waals surface area contributed by atoms with Crippen LogP contribution in [-0.2, 0) is 4.79 Å². The first-order chi connectivity index (χ1) is 8.45. The van der Waals surface area contributed by atoms with E-state index in [1.54, 1.807) is 0 Å². The number of nitrogens with two attached hydrogens (primary N) is 4. The average Bonchev–Trinajstić information content (AvgIpc) is 2.30. The van der Waals surface area contributed by atoms with E-state index < -0.39 is 12.0 Å². The third kappa shape index (κ3) is 17.7. The third-order valence-electron chi connectivity index (χ3n) is 2.43. The van der Waals surface area contributed by atoms with Crippen LogP contribution >= 0.6 is 0 Å². The van der Waals surface area contributed by atoms with Crippen molar-refractivity contribution in [2.75, 3.05) is 6.54 Å². The molecule has 0 heterocycles. The van der Waals surface area contributed by atoms with Gasteiger partial charge in [0.2, 0.25) is 0 Å². The molecule has 9 N–H and O–H groups in total. The first kappa shape index (κ1) is 19.6. The van der Waals surface area contributed by atoms with Gasteiger partial charge in [0.15, 0.2) is 0 Å². The fourth-order valence-corrected chi connectivity index (χ4v) is 1.26. The van der Waals surface area contributed by atoms with Crippen LogP contribution in [0.5, 0.6) is 0 Å². The normalized spacial score (nSPS) is 11.9. The van der Waals surface area contributed by atoms with E-state index in [1.165, 1.54) is 19.3 Å². The molecule has 0 aromatic carbocycles. The topological polar surface area (TPSA) is 141 Å². The molecule has 0 unspecified atom stereocenters. The van der Waals surface area contributed by atoms with E-state index in [-0.39, 0.29) is 6.17 Å². The Kier molecular flexibility index (Phi) is 15.7. The molecule has 0 aliphatic heterocycles. The SMILES string of the molecule is CCCCCC(N)N.NCCCC[C@H](N)C(=O)O. The van der Waals surface area contributed by atoms with Gasteiger partial charge in [-0.2, -0.15) is 0 Å². The molecule has 1 atom stereocenters. The van der Waals surface area contributed by atoms with Gasteiger partial charge in [0.05, 0.1) is 6.17 Å². The van der Waals surface area contributed by atoms with Crippen LogP contribution in [0.4, 0.5) is 0 Å². The van der Waals surface area contributed by atoms with Crippen molar-refractivity contribution in [1.29, 1.82) is 0 Å². The molecular formula is C12H30N4O2. The van der Waals surface area contributed by atoms with Crippen LogP contribution in [0.3, 0.4) is 0 Å². The molecular weight excluding hydrogens is 232 g/mol. The number of hydrogen-bond donors (Lipinski definition) is 5. The summed E-state index contributed by atoms with van der Waals surface area (Å²) in [6.45, 7) is 2.77. The smallest absolute Gasteiger partial charge is 0.320 e. The zero-order valence-electron chi connectivity index (χ0n) is 11.5. The fourth-order valence-electron chi connectivity index (χ4n) is 1.26. The largest absolute Gasteiger partial charge is 0.480 e. The molecule has 6 nitrogen and oxygen atoms in total. The highest BCUT2D eigenvalue weighted by Gasteiger charge is 2.09. The maximum Gasteiger partial charge on any atom is 0.320 e. The van der Waals surface area contributed by atoms with E-state index in [9.17, 15) is 4.79 Å². The molecule has 18 heavy (non-hydrogen) atoms. The van der Waals surface area contributed by atoms with Crippen LogP contribution in [0.15, 0.2) is 0 Å². The number of carboxylic acid groups (broad SMARTS) is 1. The Hall–Kier alpha value is -0.690. The van der Waals surface area contributed by atoms with Crippen molar-refractivity contribution >= 4 is 5.97 Å². The summed E-state index contributed by atoms with van der Waals surface area (Å²) in [6, 6.07) is -0.716. The summed E-state index contributed by atoms with van der Waals surface area (Å²) in [5.41, 5.74) is 21.0. The van der Waals surface area contributed by atoms with Gasteiger partial charge in [0, 0.05) is 0 Å². The van der Waals surface area contributed by atoms with Gasteiger partial charge in [-0.1, -0.05) is 32.6 Å². The molecule has 0 aromatic heterocycles. The Morgan fingerprint density at radius 3 is 2.00 bits per heavy atom. The predicted molar refractivity (Wildman–Crippen MR) is 74.8 cm³/mol. The minimum atomic E-state index is -0.933. The number of carboxylic acids is 1. The van der Waals surface area contributed by atoms with E-state index in [0.29, 0.717) is 13.0 Å². The van der Waals surface area contributed by atoms with Crippen molar-refractivity contribution < 1.29 is 9.90 Å². The van der Waals surface area contributed by atoms with E-state index >= 15 is 0 Å². The minimum Gasteiger partial charge on any atom is -0.480 e. The second-order valence-electron chi connectivity index (χ2n) is 4.39. The maximum absolute atomic E-state index is 10.1. The van der Waals surface area contributed by atoms with Gasteiger partial charge in [-0.15, -0.1) is 0 Å². The monoisotopic (exact) mass is 262 g/mol. The van der Waals surface area contributed by atoms with Crippen molar-refractivity contribution in [2.24, 2.45) is 22.9 Å². The van der Waals surface area contributed by atoms with Crippen molar-refractivity contribution in [3.05, 3.63) is 0 Å². The minimum absolute atomic E-state index is 0.0958. The van der Waals surface area contributed by atoms with Crippen molar-refractivity contribution in [1.82, 2.24) is 0 Å². The first-order valence-corrected chi connectivity index (χ1v) is 6.65. The maximum atomic E-state index is 10.1. The lowest BCUT2D eigenvalue weighted by Gasteiger charge is -2.03. The molecule has 0 bridgehead atoms. The average molecular weight is 262 g/mol. The molecule has 0 saturated heterocycles. The summed E-state index contributed by atoms with van der Waals surface area (Å²) < 4.78 is 0. The van der Waals surface area contributed by atoms with Gasteiger partial charge in [-0.25, -0.2) is 0 Å². The summed E-state index contributed by atoms with van der Waals surface area (Å²) in [7, 11) is 0. The van der Waals surface area contributed by atoms with E-state index in [2.05, 4.69) is 6.92 Å². The molecule has 110 valence electrons. The van der Waals surface area contributed by atoms with E-state index in [1.807, 2.05) is 0 Å². The Balaban J connectivity index is 0. The highest BCUT2D eigenvalue weighted by molar-refractivity contribution is 5.72. The molecule has 0 rings (SSSR count). The van der Waals surface area contributed by atoms with Crippen molar-refractivity contribution in [2.45, 2.75) is 64.1 Å². The van der Waals surface area contributed by atoms with Gasteiger partial charge in [-0.3, -0.25) is 4.79 Å². The second kappa shape index (κ2) is 14.4. The van der Waals surface area contributed by atoms with E-state index in [4.69, 9.17) is 28.0 Å².